The summed E-state index contributed by atoms with van der Waals surface area (Å²) in [6.45, 7) is 0. The molecule has 1 aliphatic carbocycles. The molecule has 6 rings (SSSR count). The number of nitrogens with zero attached hydrogens (tertiary/aromatic N) is 5. The number of anilines is 1. The van der Waals surface area contributed by atoms with Crippen molar-refractivity contribution in [3.8, 4) is 28.1 Å². The van der Waals surface area contributed by atoms with Crippen molar-refractivity contribution in [3.63, 3.8) is 0 Å². The lowest BCUT2D eigenvalue weighted by molar-refractivity contribution is 0.271. The first-order valence-corrected chi connectivity index (χ1v) is 11.8. The molecule has 2 bridgehead atoms. The number of phenols is 1. The Morgan fingerprint density at radius 3 is 2.59 bits per heavy atom. The first-order valence-electron chi connectivity index (χ1n) is 11.8. The van der Waals surface area contributed by atoms with Crippen LogP contribution in [0.4, 0.5) is 10.3 Å². The van der Waals surface area contributed by atoms with Crippen molar-refractivity contribution in [2.75, 3.05) is 4.90 Å². The molecule has 8 nitrogen and oxygen atoms in total. The van der Waals surface area contributed by atoms with E-state index in [4.69, 9.17) is 0 Å². The minimum absolute atomic E-state index is 0.0463. The van der Waals surface area contributed by atoms with Gasteiger partial charge in [-0.3, -0.25) is 4.79 Å². The summed E-state index contributed by atoms with van der Waals surface area (Å²) in [6, 6.07) is 9.32. The van der Waals surface area contributed by atoms with Crippen LogP contribution in [0.5, 0.6) is 5.75 Å². The number of fused-ring (bicyclic) bond motifs is 2. The number of rotatable bonds is 5. The highest BCUT2D eigenvalue weighted by molar-refractivity contribution is 5.73. The molecular formula is C25H27FN6O2. The monoisotopic (exact) mass is 462 g/mol. The van der Waals surface area contributed by atoms with Crippen molar-refractivity contribution in [3.05, 3.63) is 53.1 Å². The summed E-state index contributed by atoms with van der Waals surface area (Å²) in [7, 11) is 1.69. The SMILES string of the molecule is Cn1ccc(-c2ccc(-c3cnc(N(C4CC4)[C@@H]4C[C@@H]5C[C@H](F)[C@@H](C4)N5)nn3)c(O)c2)cc1=O. The number of alkyl halides is 1. The van der Waals surface area contributed by atoms with Crippen molar-refractivity contribution >= 4 is 5.95 Å². The molecule has 2 saturated heterocycles. The smallest absolute Gasteiger partial charge is 0.250 e. The average Bonchev–Trinajstić information content (AvgIpc) is 3.62. The fraction of sp³-hybridized carbons (Fsp3) is 0.440. The molecule has 2 aromatic heterocycles. The van der Waals surface area contributed by atoms with Gasteiger partial charge in [-0.2, -0.15) is 0 Å². The van der Waals surface area contributed by atoms with Crippen LogP contribution in [-0.4, -0.2) is 55.2 Å². The molecule has 4 atom stereocenters. The molecule has 34 heavy (non-hydrogen) atoms. The van der Waals surface area contributed by atoms with Crippen molar-refractivity contribution < 1.29 is 9.50 Å². The number of aromatic nitrogens is 4. The Balaban J connectivity index is 1.25. The number of aryl methyl sites for hydroxylation is 1. The molecule has 1 aromatic carbocycles. The lowest BCUT2D eigenvalue weighted by atomic mass is 9.98. The molecule has 4 heterocycles. The van der Waals surface area contributed by atoms with Crippen LogP contribution in [0.2, 0.25) is 0 Å². The molecule has 0 radical (unpaired) electrons. The molecule has 3 aliphatic rings. The third-order valence-corrected chi connectivity index (χ3v) is 7.30. The van der Waals surface area contributed by atoms with Crippen LogP contribution < -0.4 is 15.8 Å². The normalized spacial score (nSPS) is 25.9. The van der Waals surface area contributed by atoms with Gasteiger partial charge in [0, 0.05) is 49.0 Å². The van der Waals surface area contributed by atoms with Crippen LogP contribution in [0.3, 0.4) is 0 Å². The van der Waals surface area contributed by atoms with Crippen LogP contribution in [0.15, 0.2) is 47.5 Å². The van der Waals surface area contributed by atoms with Crippen molar-refractivity contribution in [2.24, 2.45) is 7.05 Å². The zero-order chi connectivity index (χ0) is 23.4. The van der Waals surface area contributed by atoms with Crippen LogP contribution in [0.1, 0.15) is 32.1 Å². The predicted octanol–water partition coefficient (Wildman–Crippen LogP) is 2.81. The molecule has 3 fully saturated rings. The first kappa shape index (κ1) is 21.2. The zero-order valence-corrected chi connectivity index (χ0v) is 18.9. The molecule has 3 aromatic rings. The summed E-state index contributed by atoms with van der Waals surface area (Å²) in [5, 5.41) is 22.9. The maximum Gasteiger partial charge on any atom is 0.250 e. The van der Waals surface area contributed by atoms with E-state index >= 15 is 0 Å². The Labute approximate surface area is 196 Å². The third-order valence-electron chi connectivity index (χ3n) is 7.30. The van der Waals surface area contributed by atoms with Gasteiger partial charge < -0.3 is 19.9 Å². The second-order valence-corrected chi connectivity index (χ2v) is 9.73. The number of benzene rings is 1. The lowest BCUT2D eigenvalue weighted by Gasteiger charge is -2.37. The second-order valence-electron chi connectivity index (χ2n) is 9.73. The van der Waals surface area contributed by atoms with Gasteiger partial charge in [-0.15, -0.1) is 10.2 Å². The van der Waals surface area contributed by atoms with Crippen LogP contribution in [0, 0.1) is 0 Å². The van der Waals surface area contributed by atoms with E-state index in [9.17, 15) is 14.3 Å². The molecule has 1 saturated carbocycles. The predicted molar refractivity (Wildman–Crippen MR) is 126 cm³/mol. The third kappa shape index (κ3) is 3.83. The summed E-state index contributed by atoms with van der Waals surface area (Å²) in [5.41, 5.74) is 2.36. The minimum Gasteiger partial charge on any atom is -0.507 e. The van der Waals surface area contributed by atoms with Crippen molar-refractivity contribution in [2.45, 2.75) is 62.4 Å². The van der Waals surface area contributed by atoms with Gasteiger partial charge in [0.05, 0.1) is 6.20 Å². The number of pyridine rings is 1. The van der Waals surface area contributed by atoms with Gasteiger partial charge in [-0.05, 0) is 61.4 Å². The molecule has 0 spiro atoms. The topological polar surface area (TPSA) is 96.2 Å². The number of phenolic OH excluding ortho intramolecular Hbond substituents is 1. The summed E-state index contributed by atoms with van der Waals surface area (Å²) in [6.07, 6.45) is 6.98. The Bertz CT molecular complexity index is 1270. The van der Waals surface area contributed by atoms with Gasteiger partial charge in [0.2, 0.25) is 5.95 Å². The lowest BCUT2D eigenvalue weighted by Crippen LogP contribution is -2.50. The fourth-order valence-corrected chi connectivity index (χ4v) is 5.38. The molecule has 2 aliphatic heterocycles. The van der Waals surface area contributed by atoms with Crippen LogP contribution in [-0.2, 0) is 7.05 Å². The highest BCUT2D eigenvalue weighted by atomic mass is 19.1. The van der Waals surface area contributed by atoms with Gasteiger partial charge in [-0.1, -0.05) is 6.07 Å². The largest absolute Gasteiger partial charge is 0.507 e. The number of piperidine rings is 1. The number of hydrogen-bond donors (Lipinski definition) is 2. The van der Waals surface area contributed by atoms with Crippen LogP contribution >= 0.6 is 0 Å². The van der Waals surface area contributed by atoms with E-state index in [1.165, 1.54) is 10.6 Å². The molecule has 9 heteroatoms. The van der Waals surface area contributed by atoms with Gasteiger partial charge in [0.15, 0.2) is 0 Å². The maximum atomic E-state index is 14.2. The molecular weight excluding hydrogens is 435 g/mol. The Morgan fingerprint density at radius 1 is 1.09 bits per heavy atom. The maximum absolute atomic E-state index is 14.2. The van der Waals surface area contributed by atoms with Gasteiger partial charge in [-0.25, -0.2) is 9.37 Å². The number of halogens is 1. The van der Waals surface area contributed by atoms with E-state index < -0.39 is 6.17 Å². The van der Waals surface area contributed by atoms with E-state index in [-0.39, 0.29) is 29.4 Å². The van der Waals surface area contributed by atoms with E-state index in [1.54, 1.807) is 31.6 Å². The van der Waals surface area contributed by atoms with Crippen molar-refractivity contribution in [1.82, 2.24) is 25.1 Å². The molecule has 176 valence electrons. The summed E-state index contributed by atoms with van der Waals surface area (Å²) < 4.78 is 15.7. The molecule has 0 unspecified atom stereocenters. The highest BCUT2D eigenvalue weighted by Crippen LogP contribution is 2.39. The summed E-state index contributed by atoms with van der Waals surface area (Å²) in [4.78, 5) is 18.8. The Kier molecular flexibility index (Phi) is 5.09. The molecule has 0 amide bonds. The van der Waals surface area contributed by atoms with Gasteiger partial charge in [0.1, 0.15) is 17.6 Å². The number of hydrogen-bond acceptors (Lipinski definition) is 7. The van der Waals surface area contributed by atoms with E-state index in [1.807, 2.05) is 12.1 Å². The first-order chi connectivity index (χ1) is 16.5. The number of nitrogens with one attached hydrogen (secondary N) is 1. The Morgan fingerprint density at radius 2 is 1.91 bits per heavy atom. The van der Waals surface area contributed by atoms with Gasteiger partial charge in [0.25, 0.3) is 5.56 Å². The fourth-order valence-electron chi connectivity index (χ4n) is 5.38. The zero-order valence-electron chi connectivity index (χ0n) is 18.9. The quantitative estimate of drug-likeness (QED) is 0.602. The van der Waals surface area contributed by atoms with E-state index in [0.717, 1.165) is 36.8 Å². The standard InChI is InChI=1S/C25H27FN6O2/c1-31-7-6-15(9-24(31)34)14-2-5-19(23(33)8-14)22-13-27-25(30-29-22)32(17-3-4-17)18-10-16-11-20(26)21(12-18)28-16/h2,5-9,13,16-18,20-21,28,33H,3-4,10-12H2,1H3/t16-,18-,20+,21-/m1/s1. The van der Waals surface area contributed by atoms with Crippen molar-refractivity contribution in [1.29, 1.82) is 0 Å². The second kappa shape index (κ2) is 8.16. The summed E-state index contributed by atoms with van der Waals surface area (Å²) >= 11 is 0. The summed E-state index contributed by atoms with van der Waals surface area (Å²) in [5.74, 6) is 0.620. The number of aromatic hydroxyl groups is 1. The van der Waals surface area contributed by atoms with E-state index in [0.29, 0.717) is 29.7 Å². The Hall–Kier alpha value is -3.33. The average molecular weight is 463 g/mol. The van der Waals surface area contributed by atoms with Crippen LogP contribution in [0.25, 0.3) is 22.4 Å². The van der Waals surface area contributed by atoms with Gasteiger partial charge >= 0.3 is 0 Å². The minimum atomic E-state index is -0.776. The highest BCUT2D eigenvalue weighted by Gasteiger charge is 2.46. The molecule has 2 N–H and O–H groups in total. The van der Waals surface area contributed by atoms with E-state index in [2.05, 4.69) is 25.4 Å².